The van der Waals surface area contributed by atoms with Crippen LogP contribution in [-0.4, -0.2) is 23.1 Å². The van der Waals surface area contributed by atoms with Crippen molar-refractivity contribution in [3.05, 3.63) is 59.7 Å². The van der Waals surface area contributed by atoms with E-state index >= 15 is 0 Å². The summed E-state index contributed by atoms with van der Waals surface area (Å²) in [5, 5.41) is 4.09. The van der Waals surface area contributed by atoms with Crippen LogP contribution in [0.2, 0.25) is 0 Å². The van der Waals surface area contributed by atoms with Crippen molar-refractivity contribution in [2.45, 2.75) is 25.8 Å². The van der Waals surface area contributed by atoms with Gasteiger partial charge in [-0.3, -0.25) is 0 Å². The summed E-state index contributed by atoms with van der Waals surface area (Å²) in [7, 11) is 0. The Morgan fingerprint density at radius 1 is 0.963 bits per heavy atom. The molecule has 3 aromatic rings. The first-order valence-electron chi connectivity index (χ1n) is 8.90. The molecule has 1 aliphatic rings. The number of hydrogen-bond donors (Lipinski definition) is 1. The lowest BCUT2D eigenvalue weighted by Crippen LogP contribution is -2.31. The van der Waals surface area contributed by atoms with Crippen LogP contribution >= 0.6 is 12.4 Å². The largest absolute Gasteiger partial charge is 0.365 e. The molecule has 0 saturated carbocycles. The summed E-state index contributed by atoms with van der Waals surface area (Å²) in [5.41, 5.74) is 1.25. The number of anilines is 2. The Morgan fingerprint density at radius 2 is 1.74 bits per heavy atom. The van der Waals surface area contributed by atoms with Gasteiger partial charge in [0.15, 0.2) is 0 Å². The lowest BCUT2D eigenvalue weighted by Gasteiger charge is -2.27. The molecule has 0 radical (unpaired) electrons. The maximum Gasteiger partial charge on any atom is 0.227 e. The minimum absolute atomic E-state index is 0. The van der Waals surface area contributed by atoms with Crippen molar-refractivity contribution in [2.24, 2.45) is 0 Å². The molecule has 0 amide bonds. The van der Waals surface area contributed by atoms with Crippen molar-refractivity contribution in [1.29, 1.82) is 0 Å². The summed E-state index contributed by atoms with van der Waals surface area (Å²) in [6, 6.07) is 11.4. The number of fused-ring (bicyclic) bond motifs is 1. The molecule has 0 atom stereocenters. The number of nitrogens with zero attached hydrogens (tertiary/aromatic N) is 3. The molecule has 1 fully saturated rings. The predicted molar refractivity (Wildman–Crippen MR) is 107 cm³/mol. The normalized spacial score (nSPS) is 14.1. The lowest BCUT2D eigenvalue weighted by molar-refractivity contribution is 0.569. The number of benzene rings is 2. The van der Waals surface area contributed by atoms with Gasteiger partial charge in [0.1, 0.15) is 17.5 Å². The van der Waals surface area contributed by atoms with Gasteiger partial charge in [-0.05, 0) is 37.5 Å². The second-order valence-corrected chi connectivity index (χ2v) is 6.53. The van der Waals surface area contributed by atoms with Gasteiger partial charge in [-0.1, -0.05) is 18.2 Å². The van der Waals surface area contributed by atoms with Crippen molar-refractivity contribution in [1.82, 2.24) is 9.97 Å². The fraction of sp³-hybridized carbons (Fsp3) is 0.300. The highest BCUT2D eigenvalue weighted by atomic mass is 35.5. The summed E-state index contributed by atoms with van der Waals surface area (Å²) in [6.45, 7) is 2.13. The molecule has 2 heterocycles. The monoisotopic (exact) mass is 390 g/mol. The van der Waals surface area contributed by atoms with Gasteiger partial charge in [0.25, 0.3) is 0 Å². The highest BCUT2D eigenvalue weighted by molar-refractivity contribution is 5.90. The molecule has 1 N–H and O–H groups in total. The van der Waals surface area contributed by atoms with Gasteiger partial charge in [-0.25, -0.2) is 13.8 Å². The van der Waals surface area contributed by atoms with Crippen LogP contribution in [0.15, 0.2) is 42.5 Å². The quantitative estimate of drug-likeness (QED) is 0.685. The van der Waals surface area contributed by atoms with Crippen LogP contribution in [0.4, 0.5) is 20.5 Å². The lowest BCUT2D eigenvalue weighted by atomic mass is 10.1. The fourth-order valence-electron chi connectivity index (χ4n) is 3.28. The minimum Gasteiger partial charge on any atom is -0.365 e. The number of nitrogens with one attached hydrogen (secondary N) is 1. The van der Waals surface area contributed by atoms with E-state index in [-0.39, 0.29) is 19.0 Å². The van der Waals surface area contributed by atoms with Crippen molar-refractivity contribution < 1.29 is 8.78 Å². The van der Waals surface area contributed by atoms with E-state index < -0.39 is 11.6 Å². The molecule has 0 spiro atoms. The topological polar surface area (TPSA) is 41.1 Å². The van der Waals surface area contributed by atoms with Crippen LogP contribution in [0.3, 0.4) is 0 Å². The Hall–Kier alpha value is -2.47. The molecule has 0 unspecified atom stereocenters. The zero-order chi connectivity index (χ0) is 17.9. The molecule has 4 nitrogen and oxygen atoms in total. The smallest absolute Gasteiger partial charge is 0.227 e. The summed E-state index contributed by atoms with van der Waals surface area (Å²) >= 11 is 0. The molecular formula is C20H21ClF2N4. The van der Waals surface area contributed by atoms with Gasteiger partial charge in [-0.2, -0.15) is 4.98 Å². The Kier molecular flexibility index (Phi) is 6.06. The van der Waals surface area contributed by atoms with Gasteiger partial charge in [0, 0.05) is 36.7 Å². The average molecular weight is 391 g/mol. The van der Waals surface area contributed by atoms with Crippen LogP contribution in [-0.2, 0) is 6.54 Å². The van der Waals surface area contributed by atoms with Gasteiger partial charge in [0.2, 0.25) is 5.95 Å². The van der Waals surface area contributed by atoms with E-state index in [1.165, 1.54) is 18.6 Å². The van der Waals surface area contributed by atoms with Crippen LogP contribution in [0.5, 0.6) is 0 Å². The summed E-state index contributed by atoms with van der Waals surface area (Å²) in [5.74, 6) is 0.226. The molecule has 1 aliphatic heterocycles. The van der Waals surface area contributed by atoms with Gasteiger partial charge >= 0.3 is 0 Å². The number of halogens is 3. The van der Waals surface area contributed by atoms with E-state index in [1.54, 1.807) is 0 Å². The zero-order valence-corrected chi connectivity index (χ0v) is 15.6. The number of rotatable bonds is 4. The molecule has 1 aromatic heterocycles. The number of hydrogen-bond acceptors (Lipinski definition) is 4. The number of piperidine rings is 1. The van der Waals surface area contributed by atoms with Gasteiger partial charge < -0.3 is 10.2 Å². The Bertz CT molecular complexity index is 929. The molecular weight excluding hydrogens is 370 g/mol. The van der Waals surface area contributed by atoms with E-state index in [0.29, 0.717) is 17.3 Å². The van der Waals surface area contributed by atoms with Crippen LogP contribution < -0.4 is 10.2 Å². The Balaban J connectivity index is 0.00000210. The second-order valence-electron chi connectivity index (χ2n) is 6.53. The van der Waals surface area contributed by atoms with Crippen molar-refractivity contribution in [3.8, 4) is 0 Å². The third kappa shape index (κ3) is 4.27. The number of aromatic nitrogens is 2. The van der Waals surface area contributed by atoms with Gasteiger partial charge in [-0.15, -0.1) is 12.4 Å². The zero-order valence-electron chi connectivity index (χ0n) is 14.8. The van der Waals surface area contributed by atoms with E-state index in [2.05, 4.69) is 10.2 Å². The Morgan fingerprint density at radius 3 is 2.52 bits per heavy atom. The van der Waals surface area contributed by atoms with Crippen LogP contribution in [0.25, 0.3) is 10.9 Å². The standard InChI is InChI=1S/C20H20F2N4.ClH/c21-15-9-8-14(17(22)12-15)13-23-19-16-6-2-3-7-18(16)24-20(25-19)26-10-4-1-5-11-26;/h2-3,6-9,12H,1,4-5,10-11,13H2,(H,23,24,25);1H. The third-order valence-electron chi connectivity index (χ3n) is 4.69. The molecule has 7 heteroatoms. The summed E-state index contributed by atoms with van der Waals surface area (Å²) in [6.07, 6.45) is 3.51. The van der Waals surface area contributed by atoms with E-state index in [0.717, 1.165) is 42.9 Å². The second kappa shape index (κ2) is 8.48. The maximum atomic E-state index is 13.9. The molecule has 0 bridgehead atoms. The van der Waals surface area contributed by atoms with E-state index in [1.807, 2.05) is 24.3 Å². The first kappa shape index (κ1) is 19.3. The predicted octanol–water partition coefficient (Wildman–Crippen LogP) is 4.93. The SMILES string of the molecule is Cl.Fc1ccc(CNc2nc(N3CCCCC3)nc3ccccc23)c(F)c1. The maximum absolute atomic E-state index is 13.9. The van der Waals surface area contributed by atoms with Crippen molar-refractivity contribution in [2.75, 3.05) is 23.3 Å². The summed E-state index contributed by atoms with van der Waals surface area (Å²) in [4.78, 5) is 11.6. The molecule has 4 rings (SSSR count). The molecule has 0 aliphatic carbocycles. The highest BCUT2D eigenvalue weighted by Crippen LogP contribution is 2.25. The highest BCUT2D eigenvalue weighted by Gasteiger charge is 2.16. The first-order valence-corrected chi connectivity index (χ1v) is 8.90. The van der Waals surface area contributed by atoms with Gasteiger partial charge in [0.05, 0.1) is 5.52 Å². The van der Waals surface area contributed by atoms with E-state index in [9.17, 15) is 8.78 Å². The first-order chi connectivity index (χ1) is 12.7. The summed E-state index contributed by atoms with van der Waals surface area (Å²) < 4.78 is 27.0. The Labute approximate surface area is 163 Å². The van der Waals surface area contributed by atoms with E-state index in [4.69, 9.17) is 9.97 Å². The minimum atomic E-state index is -0.578. The third-order valence-corrected chi connectivity index (χ3v) is 4.69. The number of para-hydroxylation sites is 1. The fourth-order valence-corrected chi connectivity index (χ4v) is 3.28. The van der Waals surface area contributed by atoms with Crippen LogP contribution in [0.1, 0.15) is 24.8 Å². The van der Waals surface area contributed by atoms with Crippen molar-refractivity contribution in [3.63, 3.8) is 0 Å². The average Bonchev–Trinajstić information content (AvgIpc) is 2.67. The molecule has 142 valence electrons. The van der Waals surface area contributed by atoms with Crippen molar-refractivity contribution >= 4 is 35.1 Å². The molecule has 1 saturated heterocycles. The van der Waals surface area contributed by atoms with Crippen LogP contribution in [0, 0.1) is 11.6 Å². The molecule has 27 heavy (non-hydrogen) atoms. The molecule has 2 aromatic carbocycles.